The molecule has 0 heterocycles. The summed E-state index contributed by atoms with van der Waals surface area (Å²) in [6.45, 7) is 4.40. The number of aliphatic hydroxyl groups excluding tert-OH is 1. The van der Waals surface area contributed by atoms with Crippen LogP contribution in [-0.2, 0) is 22.7 Å². The number of ether oxygens (including phenoxy) is 2. The van der Waals surface area contributed by atoms with Crippen molar-refractivity contribution >= 4 is 6.21 Å². The van der Waals surface area contributed by atoms with E-state index in [9.17, 15) is 9.50 Å². The molecule has 2 N–H and O–H groups in total. The minimum atomic E-state index is -1.70. The molecule has 0 aliphatic rings. The molecule has 0 radical (unpaired) electrons. The molecule has 0 saturated heterocycles. The molecule has 2 aromatic rings. The highest BCUT2D eigenvalue weighted by Crippen LogP contribution is 2.14. The second kappa shape index (κ2) is 10.2. The van der Waals surface area contributed by atoms with Gasteiger partial charge in [0.2, 0.25) is 0 Å². The van der Waals surface area contributed by atoms with E-state index in [0.717, 1.165) is 22.3 Å². The lowest BCUT2D eigenvalue weighted by Crippen LogP contribution is -2.41. The van der Waals surface area contributed by atoms with Gasteiger partial charge < -0.3 is 20.0 Å². The third-order valence-electron chi connectivity index (χ3n) is 4.09. The minimum Gasteiger partial charge on any atom is -0.388 e. The first-order valence-corrected chi connectivity index (χ1v) is 8.62. The summed E-state index contributed by atoms with van der Waals surface area (Å²) in [5.41, 5.74) is 4.14. The maximum atomic E-state index is 14.0. The van der Waals surface area contributed by atoms with Crippen LogP contribution in [0, 0.1) is 19.3 Å². The van der Waals surface area contributed by atoms with Crippen LogP contribution in [0.25, 0.3) is 0 Å². The van der Waals surface area contributed by atoms with Crippen LogP contribution in [0.4, 0.5) is 4.39 Å². The molecule has 2 rings (SSSR count). The monoisotopic (exact) mass is 359 g/mol. The van der Waals surface area contributed by atoms with Gasteiger partial charge in [-0.2, -0.15) is 0 Å². The van der Waals surface area contributed by atoms with E-state index in [4.69, 9.17) is 14.9 Å². The third kappa shape index (κ3) is 6.33. The summed E-state index contributed by atoms with van der Waals surface area (Å²) in [7, 11) is 0. The zero-order chi connectivity index (χ0) is 18.9. The summed E-state index contributed by atoms with van der Waals surface area (Å²) >= 11 is 0. The first-order chi connectivity index (χ1) is 12.5. The van der Waals surface area contributed by atoms with Crippen molar-refractivity contribution in [1.29, 1.82) is 5.41 Å². The molecule has 0 spiro atoms. The highest BCUT2D eigenvalue weighted by Gasteiger charge is 2.28. The van der Waals surface area contributed by atoms with Crippen LogP contribution in [0.2, 0.25) is 0 Å². The molecule has 5 heteroatoms. The Bertz CT molecular complexity index is 673. The summed E-state index contributed by atoms with van der Waals surface area (Å²) in [6.07, 6.45) is -3.36. The lowest BCUT2D eigenvalue weighted by molar-refractivity contribution is -0.0972. The fraction of sp³-hybridized carbons (Fsp3) is 0.381. The fourth-order valence-corrected chi connectivity index (χ4v) is 2.46. The van der Waals surface area contributed by atoms with Crippen LogP contribution in [0.3, 0.4) is 0 Å². The van der Waals surface area contributed by atoms with E-state index in [0.29, 0.717) is 12.8 Å². The Morgan fingerprint density at radius 1 is 0.962 bits per heavy atom. The van der Waals surface area contributed by atoms with Gasteiger partial charge in [-0.3, -0.25) is 0 Å². The Morgan fingerprint density at radius 2 is 1.46 bits per heavy atom. The predicted molar refractivity (Wildman–Crippen MR) is 100 cm³/mol. The van der Waals surface area contributed by atoms with Crippen molar-refractivity contribution in [2.45, 2.75) is 45.4 Å². The standard InChI is InChI=1S/C21H26FNO3/c1-15-3-7-17(8-4-15)12-25-14-20(24)21(19(22)11-23)26-13-18-9-5-16(2)6-10-18/h3-11,19-21,23-24H,12-14H2,1-2H3/t19-,20-,21+/m1/s1. The molecule has 4 nitrogen and oxygen atoms in total. The summed E-state index contributed by atoms with van der Waals surface area (Å²) in [5.74, 6) is 0. The third-order valence-corrected chi connectivity index (χ3v) is 4.09. The normalized spacial score (nSPS) is 14.6. The van der Waals surface area contributed by atoms with Crippen molar-refractivity contribution in [2.75, 3.05) is 6.61 Å². The number of rotatable bonds is 10. The average molecular weight is 359 g/mol. The first kappa shape index (κ1) is 20.2. The van der Waals surface area contributed by atoms with Crippen molar-refractivity contribution in [3.8, 4) is 0 Å². The van der Waals surface area contributed by atoms with E-state index in [1.54, 1.807) is 0 Å². The number of aliphatic hydroxyl groups is 1. The largest absolute Gasteiger partial charge is 0.388 e. The van der Waals surface area contributed by atoms with Gasteiger partial charge in [0.05, 0.1) is 19.8 Å². The fourth-order valence-electron chi connectivity index (χ4n) is 2.46. The van der Waals surface area contributed by atoms with Crippen LogP contribution in [-0.4, -0.2) is 36.3 Å². The lowest BCUT2D eigenvalue weighted by Gasteiger charge is -2.24. The smallest absolute Gasteiger partial charge is 0.163 e. The van der Waals surface area contributed by atoms with E-state index in [1.165, 1.54) is 0 Å². The van der Waals surface area contributed by atoms with E-state index in [1.807, 2.05) is 62.4 Å². The van der Waals surface area contributed by atoms with Gasteiger partial charge in [0, 0.05) is 6.21 Å². The predicted octanol–water partition coefficient (Wildman–Crippen LogP) is 3.75. The van der Waals surface area contributed by atoms with Crippen molar-refractivity contribution in [2.24, 2.45) is 0 Å². The number of halogens is 1. The van der Waals surface area contributed by atoms with Gasteiger partial charge >= 0.3 is 0 Å². The van der Waals surface area contributed by atoms with Crippen LogP contribution < -0.4 is 0 Å². The number of hydrogen-bond donors (Lipinski definition) is 2. The molecule has 0 amide bonds. The average Bonchev–Trinajstić information content (AvgIpc) is 2.64. The molecule has 26 heavy (non-hydrogen) atoms. The number of hydrogen-bond acceptors (Lipinski definition) is 4. The van der Waals surface area contributed by atoms with Gasteiger partial charge in [0.25, 0.3) is 0 Å². The number of aryl methyl sites for hydroxylation is 2. The Morgan fingerprint density at radius 3 is 1.96 bits per heavy atom. The molecular weight excluding hydrogens is 333 g/mol. The molecule has 0 aliphatic heterocycles. The molecule has 0 saturated carbocycles. The number of alkyl halides is 1. The molecule has 3 atom stereocenters. The summed E-state index contributed by atoms with van der Waals surface area (Å²) in [4.78, 5) is 0. The van der Waals surface area contributed by atoms with Crippen molar-refractivity contribution in [1.82, 2.24) is 0 Å². The van der Waals surface area contributed by atoms with Gasteiger partial charge in [-0.05, 0) is 25.0 Å². The van der Waals surface area contributed by atoms with E-state index in [2.05, 4.69) is 0 Å². The first-order valence-electron chi connectivity index (χ1n) is 8.62. The van der Waals surface area contributed by atoms with Gasteiger partial charge in [-0.15, -0.1) is 0 Å². The van der Waals surface area contributed by atoms with E-state index in [-0.39, 0.29) is 13.2 Å². The van der Waals surface area contributed by atoms with Gasteiger partial charge in [0.15, 0.2) is 6.17 Å². The highest BCUT2D eigenvalue weighted by atomic mass is 19.1. The molecule has 140 valence electrons. The van der Waals surface area contributed by atoms with Crippen LogP contribution in [0.15, 0.2) is 48.5 Å². The molecule has 0 fully saturated rings. The SMILES string of the molecule is Cc1ccc(COC[C@@H](O)[C@@H](OCc2ccc(C)cc2)[C@H](F)C=N)cc1. The Labute approximate surface area is 154 Å². The van der Waals surface area contributed by atoms with Gasteiger partial charge in [-0.25, -0.2) is 4.39 Å². The van der Waals surface area contributed by atoms with Crippen molar-refractivity contribution < 1.29 is 19.0 Å². The molecule has 0 aliphatic carbocycles. The van der Waals surface area contributed by atoms with E-state index < -0.39 is 18.4 Å². The van der Waals surface area contributed by atoms with Crippen LogP contribution in [0.1, 0.15) is 22.3 Å². The minimum absolute atomic E-state index is 0.0687. The van der Waals surface area contributed by atoms with Crippen LogP contribution >= 0.6 is 0 Å². The zero-order valence-corrected chi connectivity index (χ0v) is 15.2. The Balaban J connectivity index is 1.86. The topological polar surface area (TPSA) is 62.5 Å². The maximum Gasteiger partial charge on any atom is 0.163 e. The van der Waals surface area contributed by atoms with Gasteiger partial charge in [-0.1, -0.05) is 59.7 Å². The lowest BCUT2D eigenvalue weighted by atomic mass is 10.1. The second-order valence-electron chi connectivity index (χ2n) is 6.44. The van der Waals surface area contributed by atoms with Crippen molar-refractivity contribution in [3.05, 3.63) is 70.8 Å². The Hall–Kier alpha value is -2.08. The Kier molecular flexibility index (Phi) is 7.91. The molecule has 0 aromatic heterocycles. The molecule has 2 aromatic carbocycles. The summed E-state index contributed by atoms with van der Waals surface area (Å²) < 4.78 is 25.1. The maximum absolute atomic E-state index is 14.0. The molecular formula is C21H26FNO3. The zero-order valence-electron chi connectivity index (χ0n) is 15.2. The summed E-state index contributed by atoms with van der Waals surface area (Å²) in [5, 5.41) is 17.4. The molecule has 0 unspecified atom stereocenters. The van der Waals surface area contributed by atoms with Crippen LogP contribution in [0.5, 0.6) is 0 Å². The van der Waals surface area contributed by atoms with Crippen molar-refractivity contribution in [3.63, 3.8) is 0 Å². The second-order valence-corrected chi connectivity index (χ2v) is 6.44. The quantitative estimate of drug-likeness (QED) is 0.635. The van der Waals surface area contributed by atoms with E-state index >= 15 is 0 Å². The van der Waals surface area contributed by atoms with Gasteiger partial charge in [0.1, 0.15) is 12.2 Å². The number of nitrogens with one attached hydrogen (secondary N) is 1. The highest BCUT2D eigenvalue weighted by molar-refractivity contribution is 5.60. The number of benzene rings is 2. The summed E-state index contributed by atoms with van der Waals surface area (Å²) in [6, 6.07) is 15.5. The molecule has 0 bridgehead atoms.